The summed E-state index contributed by atoms with van der Waals surface area (Å²) in [5.41, 5.74) is 0.908. The van der Waals surface area contributed by atoms with Crippen molar-refractivity contribution >= 4 is 10.1 Å². The van der Waals surface area contributed by atoms with Crippen LogP contribution in [0.5, 0.6) is 0 Å². The molecule has 0 aliphatic heterocycles. The Morgan fingerprint density at radius 2 is 1.79 bits per heavy atom. The minimum Gasteiger partial charge on any atom is -0.306 e. The molecule has 0 saturated heterocycles. The van der Waals surface area contributed by atoms with Crippen LogP contribution in [0.15, 0.2) is 30.3 Å². The summed E-state index contributed by atoms with van der Waals surface area (Å²) in [6.07, 6.45) is 5.78. The molecule has 4 nitrogen and oxygen atoms in total. The molecule has 1 saturated carbocycles. The van der Waals surface area contributed by atoms with Crippen molar-refractivity contribution in [1.29, 1.82) is 0 Å². The van der Waals surface area contributed by atoms with E-state index in [4.69, 9.17) is 4.55 Å². The molecule has 1 aromatic rings. The average molecular weight is 283 g/mol. The molecule has 0 radical (unpaired) electrons. The van der Waals surface area contributed by atoms with E-state index in [1.54, 1.807) is 0 Å². The molecule has 106 valence electrons. The second-order valence-electron chi connectivity index (χ2n) is 5.21. The fourth-order valence-corrected chi connectivity index (χ4v) is 3.40. The van der Waals surface area contributed by atoms with Crippen LogP contribution >= 0.6 is 0 Å². The van der Waals surface area contributed by atoms with E-state index < -0.39 is 10.1 Å². The van der Waals surface area contributed by atoms with Gasteiger partial charge in [-0.1, -0.05) is 49.6 Å². The highest BCUT2D eigenvalue weighted by Gasteiger charge is 2.23. The van der Waals surface area contributed by atoms with E-state index in [0.717, 1.165) is 18.4 Å². The maximum atomic E-state index is 11.2. The Morgan fingerprint density at radius 1 is 1.16 bits per heavy atom. The smallest absolute Gasteiger partial charge is 0.266 e. The van der Waals surface area contributed by atoms with Crippen LogP contribution in [0.1, 0.15) is 43.7 Å². The quantitative estimate of drug-likeness (QED) is 0.815. The summed E-state index contributed by atoms with van der Waals surface area (Å²) in [5.74, 6) is -0.270. The monoisotopic (exact) mass is 283 g/mol. The lowest BCUT2D eigenvalue weighted by Crippen LogP contribution is -2.37. The highest BCUT2D eigenvalue weighted by molar-refractivity contribution is 7.85. The largest absolute Gasteiger partial charge is 0.306 e. The molecule has 1 fully saturated rings. The summed E-state index contributed by atoms with van der Waals surface area (Å²) in [4.78, 5) is 0. The van der Waals surface area contributed by atoms with Gasteiger partial charge in [0.05, 0.1) is 5.75 Å². The highest BCUT2D eigenvalue weighted by atomic mass is 32.2. The normalized spacial score (nSPS) is 19.2. The standard InChI is InChI=1S/C14H21NO3S/c16-19(17,18)11-14(12-7-3-1-4-8-12)15-13-9-5-2-6-10-13/h1,3-4,7-8,13-15H,2,5-6,9-11H2,(H,16,17,18). The second-order valence-corrected chi connectivity index (χ2v) is 6.71. The van der Waals surface area contributed by atoms with Crippen LogP contribution in [-0.2, 0) is 10.1 Å². The van der Waals surface area contributed by atoms with Gasteiger partial charge in [0.1, 0.15) is 0 Å². The van der Waals surface area contributed by atoms with Gasteiger partial charge in [-0.25, -0.2) is 0 Å². The molecule has 19 heavy (non-hydrogen) atoms. The van der Waals surface area contributed by atoms with Gasteiger partial charge in [-0.2, -0.15) is 8.42 Å². The average Bonchev–Trinajstić information content (AvgIpc) is 2.39. The molecule has 0 bridgehead atoms. The van der Waals surface area contributed by atoms with Crippen molar-refractivity contribution in [2.24, 2.45) is 0 Å². The van der Waals surface area contributed by atoms with E-state index in [1.807, 2.05) is 30.3 Å². The summed E-state index contributed by atoms with van der Waals surface area (Å²) >= 11 is 0. The molecular weight excluding hydrogens is 262 g/mol. The van der Waals surface area contributed by atoms with Gasteiger partial charge in [0.2, 0.25) is 0 Å². The van der Waals surface area contributed by atoms with Gasteiger partial charge >= 0.3 is 0 Å². The van der Waals surface area contributed by atoms with Crippen molar-refractivity contribution in [3.8, 4) is 0 Å². The van der Waals surface area contributed by atoms with Crippen LogP contribution < -0.4 is 5.32 Å². The first-order valence-corrected chi connectivity index (χ1v) is 8.42. The van der Waals surface area contributed by atoms with Gasteiger partial charge in [0, 0.05) is 12.1 Å². The number of rotatable bonds is 5. The Balaban J connectivity index is 2.09. The van der Waals surface area contributed by atoms with Crippen LogP contribution in [0.25, 0.3) is 0 Å². The maximum Gasteiger partial charge on any atom is 0.266 e. The molecule has 0 amide bonds. The minimum absolute atomic E-state index is 0.270. The first-order chi connectivity index (χ1) is 9.04. The predicted octanol–water partition coefficient (Wildman–Crippen LogP) is 2.54. The third kappa shape index (κ3) is 4.93. The predicted molar refractivity (Wildman–Crippen MR) is 75.6 cm³/mol. The van der Waals surface area contributed by atoms with Crippen molar-refractivity contribution in [3.63, 3.8) is 0 Å². The van der Waals surface area contributed by atoms with Crippen LogP contribution in [0, 0.1) is 0 Å². The van der Waals surface area contributed by atoms with Crippen LogP contribution in [0.2, 0.25) is 0 Å². The highest BCUT2D eigenvalue weighted by Crippen LogP contribution is 2.22. The number of nitrogens with one attached hydrogen (secondary N) is 1. The third-order valence-corrected chi connectivity index (χ3v) is 4.38. The lowest BCUT2D eigenvalue weighted by atomic mass is 9.94. The molecule has 1 aromatic carbocycles. The number of hydrogen-bond donors (Lipinski definition) is 2. The van der Waals surface area contributed by atoms with Crippen molar-refractivity contribution in [3.05, 3.63) is 35.9 Å². The summed E-state index contributed by atoms with van der Waals surface area (Å²) in [6, 6.07) is 9.47. The molecule has 0 aromatic heterocycles. The van der Waals surface area contributed by atoms with E-state index >= 15 is 0 Å². The molecule has 2 N–H and O–H groups in total. The van der Waals surface area contributed by atoms with E-state index in [-0.39, 0.29) is 11.8 Å². The molecule has 1 unspecified atom stereocenters. The Morgan fingerprint density at radius 3 is 2.37 bits per heavy atom. The van der Waals surface area contributed by atoms with Gasteiger partial charge in [-0.15, -0.1) is 0 Å². The van der Waals surface area contributed by atoms with Crippen molar-refractivity contribution in [1.82, 2.24) is 5.32 Å². The fraction of sp³-hybridized carbons (Fsp3) is 0.571. The lowest BCUT2D eigenvalue weighted by Gasteiger charge is -2.28. The van der Waals surface area contributed by atoms with Gasteiger partial charge in [-0.3, -0.25) is 4.55 Å². The third-order valence-electron chi connectivity index (χ3n) is 3.62. The molecule has 0 spiro atoms. The van der Waals surface area contributed by atoms with Crippen LogP contribution in [0.3, 0.4) is 0 Å². The topological polar surface area (TPSA) is 66.4 Å². The number of benzene rings is 1. The first-order valence-electron chi connectivity index (χ1n) is 6.81. The molecule has 0 heterocycles. The molecule has 1 aliphatic rings. The minimum atomic E-state index is -3.98. The van der Waals surface area contributed by atoms with Crippen molar-refractivity contribution in [2.45, 2.75) is 44.2 Å². The lowest BCUT2D eigenvalue weighted by molar-refractivity contribution is 0.344. The SMILES string of the molecule is O=S(=O)(O)CC(NC1CCCCC1)c1ccccc1. The Kier molecular flexibility index (Phi) is 4.96. The summed E-state index contributed by atoms with van der Waals surface area (Å²) in [6.45, 7) is 0. The van der Waals surface area contributed by atoms with Crippen molar-refractivity contribution < 1.29 is 13.0 Å². The zero-order valence-corrected chi connectivity index (χ0v) is 11.8. The van der Waals surface area contributed by atoms with Gasteiger partial charge < -0.3 is 5.32 Å². The summed E-state index contributed by atoms with van der Waals surface area (Å²) < 4.78 is 31.5. The Hall–Kier alpha value is -0.910. The molecule has 5 heteroatoms. The van der Waals surface area contributed by atoms with Crippen molar-refractivity contribution in [2.75, 3.05) is 5.75 Å². The zero-order valence-electron chi connectivity index (χ0n) is 11.0. The van der Waals surface area contributed by atoms with E-state index in [9.17, 15) is 8.42 Å². The van der Waals surface area contributed by atoms with E-state index in [2.05, 4.69) is 5.32 Å². The first kappa shape index (κ1) is 14.5. The van der Waals surface area contributed by atoms with E-state index in [0.29, 0.717) is 6.04 Å². The van der Waals surface area contributed by atoms with Gasteiger partial charge in [0.15, 0.2) is 0 Å². The molecule has 2 rings (SSSR count). The second kappa shape index (κ2) is 6.50. The summed E-state index contributed by atoms with van der Waals surface area (Å²) in [7, 11) is -3.98. The maximum absolute atomic E-state index is 11.2. The van der Waals surface area contributed by atoms with Crippen LogP contribution in [0.4, 0.5) is 0 Å². The van der Waals surface area contributed by atoms with Gasteiger partial charge in [-0.05, 0) is 18.4 Å². The summed E-state index contributed by atoms with van der Waals surface area (Å²) in [5, 5.41) is 3.39. The zero-order chi connectivity index (χ0) is 13.7. The fourth-order valence-electron chi connectivity index (χ4n) is 2.69. The van der Waals surface area contributed by atoms with E-state index in [1.165, 1.54) is 19.3 Å². The molecule has 1 atom stereocenters. The Labute approximate surface area is 115 Å². The van der Waals surface area contributed by atoms with Gasteiger partial charge in [0.25, 0.3) is 10.1 Å². The molecule has 1 aliphatic carbocycles. The van der Waals surface area contributed by atoms with Crippen LogP contribution in [-0.4, -0.2) is 24.8 Å². The Bertz CT molecular complexity index is 481. The number of hydrogen-bond acceptors (Lipinski definition) is 3. The molecular formula is C14H21NO3S.